The zero-order valence-corrected chi connectivity index (χ0v) is 10.9. The van der Waals surface area contributed by atoms with Crippen molar-refractivity contribution in [3.63, 3.8) is 0 Å². The van der Waals surface area contributed by atoms with Gasteiger partial charge in [0.15, 0.2) is 0 Å². The van der Waals surface area contributed by atoms with Crippen molar-refractivity contribution in [1.29, 1.82) is 0 Å². The summed E-state index contributed by atoms with van der Waals surface area (Å²) in [6.07, 6.45) is 7.12. The Morgan fingerprint density at radius 3 is 2.80 bits per heavy atom. The fraction of sp³-hybridized carbons (Fsp3) is 0.385. The summed E-state index contributed by atoms with van der Waals surface area (Å²) in [4.78, 5) is 0. The largest absolute Gasteiger partial charge is 0.494 e. The molecule has 0 atom stereocenters. The van der Waals surface area contributed by atoms with E-state index in [-0.39, 0.29) is 0 Å². The predicted molar refractivity (Wildman–Crippen MR) is 70.5 cm³/mol. The van der Waals surface area contributed by atoms with Gasteiger partial charge < -0.3 is 4.74 Å². The molecule has 0 radical (unpaired) electrons. The van der Waals surface area contributed by atoms with Crippen molar-refractivity contribution in [3.8, 4) is 0 Å². The van der Waals surface area contributed by atoms with Crippen molar-refractivity contribution in [2.45, 2.75) is 32.3 Å². The van der Waals surface area contributed by atoms with Gasteiger partial charge in [-0.1, -0.05) is 18.2 Å². The quantitative estimate of drug-likeness (QED) is 0.757. The van der Waals surface area contributed by atoms with E-state index < -0.39 is 0 Å². The van der Waals surface area contributed by atoms with E-state index in [9.17, 15) is 0 Å². The topological polar surface area (TPSA) is 9.23 Å². The molecule has 1 aromatic rings. The zero-order chi connectivity index (χ0) is 10.5. The van der Waals surface area contributed by atoms with Gasteiger partial charge in [-0.3, -0.25) is 0 Å². The molecule has 2 rings (SSSR count). The number of hydrogen-bond donors (Lipinski definition) is 0. The second-order valence-electron chi connectivity index (χ2n) is 3.80. The highest BCUT2D eigenvalue weighted by molar-refractivity contribution is 14.1. The average Bonchev–Trinajstić information content (AvgIpc) is 2.29. The van der Waals surface area contributed by atoms with E-state index in [1.807, 2.05) is 0 Å². The van der Waals surface area contributed by atoms with Gasteiger partial charge in [0.2, 0.25) is 0 Å². The van der Waals surface area contributed by atoms with Gasteiger partial charge in [-0.25, -0.2) is 0 Å². The van der Waals surface area contributed by atoms with Crippen LogP contribution in [0.25, 0.3) is 0 Å². The van der Waals surface area contributed by atoms with Crippen LogP contribution in [0.2, 0.25) is 0 Å². The molecule has 1 nitrogen and oxygen atoms in total. The molecule has 0 amide bonds. The summed E-state index contributed by atoms with van der Waals surface area (Å²) in [5, 5.41) is 0. The molecule has 0 saturated carbocycles. The zero-order valence-electron chi connectivity index (χ0n) is 8.71. The molecular weight excluding hydrogens is 299 g/mol. The summed E-state index contributed by atoms with van der Waals surface area (Å²) in [5.74, 6) is 1.18. The maximum atomic E-state index is 5.81. The maximum absolute atomic E-state index is 5.81. The Kier molecular flexibility index (Phi) is 4.06. The number of hydrogen-bond acceptors (Lipinski definition) is 1. The maximum Gasteiger partial charge on any atom is 0.114 e. The third-order valence-electron chi connectivity index (χ3n) is 2.62. The molecule has 0 bridgehead atoms. The second-order valence-corrected chi connectivity index (χ2v) is 4.96. The van der Waals surface area contributed by atoms with Crippen molar-refractivity contribution in [1.82, 2.24) is 0 Å². The second kappa shape index (κ2) is 5.54. The van der Waals surface area contributed by atoms with Gasteiger partial charge >= 0.3 is 0 Å². The van der Waals surface area contributed by atoms with E-state index >= 15 is 0 Å². The highest BCUT2D eigenvalue weighted by atomic mass is 127. The minimum atomic E-state index is 0.713. The van der Waals surface area contributed by atoms with Crippen LogP contribution in [0.4, 0.5) is 0 Å². The van der Waals surface area contributed by atoms with Gasteiger partial charge in [0, 0.05) is 15.6 Å². The molecule has 0 heterocycles. The molecule has 0 fully saturated rings. The Morgan fingerprint density at radius 2 is 2.07 bits per heavy atom. The van der Waals surface area contributed by atoms with E-state index in [1.54, 1.807) is 0 Å². The van der Waals surface area contributed by atoms with Crippen molar-refractivity contribution < 1.29 is 4.74 Å². The Hall–Kier alpha value is -0.510. The number of ether oxygens (including phenoxy) is 1. The Balaban J connectivity index is 1.93. The fourth-order valence-electron chi connectivity index (χ4n) is 1.73. The molecule has 0 unspecified atom stereocenters. The molecule has 80 valence electrons. The Labute approximate surface area is 105 Å². The summed E-state index contributed by atoms with van der Waals surface area (Å²) in [6.45, 7) is 0.713. The minimum Gasteiger partial charge on any atom is -0.494 e. The van der Waals surface area contributed by atoms with Gasteiger partial charge in [0.05, 0.1) is 5.76 Å². The third-order valence-corrected chi connectivity index (χ3v) is 3.67. The van der Waals surface area contributed by atoms with E-state index in [2.05, 4.69) is 52.9 Å². The predicted octanol–water partition coefficient (Wildman–Crippen LogP) is 4.27. The van der Waals surface area contributed by atoms with Gasteiger partial charge in [0.25, 0.3) is 0 Å². The van der Waals surface area contributed by atoms with Crippen LogP contribution in [0.5, 0.6) is 0 Å². The number of allylic oxidation sites excluding steroid dienone is 2. The molecule has 0 aliphatic heterocycles. The first-order chi connectivity index (χ1) is 7.36. The van der Waals surface area contributed by atoms with Gasteiger partial charge in [-0.05, 0) is 54.0 Å². The van der Waals surface area contributed by atoms with Crippen LogP contribution in [0, 0.1) is 3.57 Å². The van der Waals surface area contributed by atoms with E-state index in [0.717, 1.165) is 6.42 Å². The molecule has 0 aromatic heterocycles. The van der Waals surface area contributed by atoms with Crippen molar-refractivity contribution in [3.05, 3.63) is 45.2 Å². The highest BCUT2D eigenvalue weighted by Crippen LogP contribution is 2.20. The molecule has 2 heteroatoms. The minimum absolute atomic E-state index is 0.713. The summed E-state index contributed by atoms with van der Waals surface area (Å²) >= 11 is 2.36. The monoisotopic (exact) mass is 314 g/mol. The van der Waals surface area contributed by atoms with Gasteiger partial charge in [0.1, 0.15) is 6.61 Å². The van der Waals surface area contributed by atoms with Crippen LogP contribution in [0.3, 0.4) is 0 Å². The molecular formula is C13H15IO. The number of rotatable bonds is 3. The molecule has 0 N–H and O–H groups in total. The molecule has 1 aliphatic carbocycles. The SMILES string of the molecule is Ic1ccccc1COC1=CCCCC1. The number of benzene rings is 1. The van der Waals surface area contributed by atoms with Crippen molar-refractivity contribution in [2.75, 3.05) is 0 Å². The summed E-state index contributed by atoms with van der Waals surface area (Å²) in [7, 11) is 0. The van der Waals surface area contributed by atoms with Gasteiger partial charge in [-0.2, -0.15) is 0 Å². The lowest BCUT2D eigenvalue weighted by Gasteiger charge is -2.14. The van der Waals surface area contributed by atoms with E-state index in [1.165, 1.54) is 34.2 Å². The summed E-state index contributed by atoms with van der Waals surface area (Å²) in [6, 6.07) is 8.38. The first-order valence-electron chi connectivity index (χ1n) is 5.41. The molecule has 1 aromatic carbocycles. The fourth-order valence-corrected chi connectivity index (χ4v) is 2.27. The van der Waals surface area contributed by atoms with Crippen LogP contribution >= 0.6 is 22.6 Å². The first kappa shape index (κ1) is 11.0. The smallest absolute Gasteiger partial charge is 0.114 e. The molecule has 0 spiro atoms. The van der Waals surface area contributed by atoms with Crippen LogP contribution in [0.1, 0.15) is 31.2 Å². The summed E-state index contributed by atoms with van der Waals surface area (Å²) < 4.78 is 7.09. The molecule has 15 heavy (non-hydrogen) atoms. The average molecular weight is 314 g/mol. The molecule has 1 aliphatic rings. The number of halogens is 1. The molecule has 0 saturated heterocycles. The Bertz CT molecular complexity index is 357. The van der Waals surface area contributed by atoms with Crippen LogP contribution in [0.15, 0.2) is 36.1 Å². The van der Waals surface area contributed by atoms with Gasteiger partial charge in [-0.15, -0.1) is 0 Å². The standard InChI is InChI=1S/C13H15IO/c14-13-9-5-4-6-11(13)10-15-12-7-2-1-3-8-12/h4-7,9H,1-3,8,10H2. The van der Waals surface area contributed by atoms with E-state index in [0.29, 0.717) is 6.61 Å². The van der Waals surface area contributed by atoms with Crippen LogP contribution in [-0.4, -0.2) is 0 Å². The van der Waals surface area contributed by atoms with Crippen molar-refractivity contribution in [2.24, 2.45) is 0 Å². The lowest BCUT2D eigenvalue weighted by Crippen LogP contribution is -1.99. The van der Waals surface area contributed by atoms with Crippen LogP contribution in [-0.2, 0) is 11.3 Å². The third kappa shape index (κ3) is 3.23. The summed E-state index contributed by atoms with van der Waals surface area (Å²) in [5.41, 5.74) is 1.28. The highest BCUT2D eigenvalue weighted by Gasteiger charge is 2.05. The van der Waals surface area contributed by atoms with E-state index in [4.69, 9.17) is 4.74 Å². The Morgan fingerprint density at radius 1 is 1.20 bits per heavy atom. The lowest BCUT2D eigenvalue weighted by molar-refractivity contribution is 0.182. The lowest BCUT2D eigenvalue weighted by atomic mass is 10.1. The first-order valence-corrected chi connectivity index (χ1v) is 6.49. The normalized spacial score (nSPS) is 15.9. The van der Waals surface area contributed by atoms with Crippen LogP contribution < -0.4 is 0 Å². The van der Waals surface area contributed by atoms with Crippen molar-refractivity contribution >= 4 is 22.6 Å².